The van der Waals surface area contributed by atoms with E-state index >= 15 is 0 Å². The number of nitrogens with zero attached hydrogens (tertiary/aromatic N) is 3. The molecule has 0 aliphatic carbocycles. The summed E-state index contributed by atoms with van der Waals surface area (Å²) in [6, 6.07) is -1.24. The minimum atomic E-state index is -4.05. The van der Waals surface area contributed by atoms with Crippen LogP contribution in [0.15, 0.2) is 4.34 Å². The lowest BCUT2D eigenvalue weighted by atomic mass is 10.4. The van der Waals surface area contributed by atoms with Crippen molar-refractivity contribution >= 4 is 38.4 Å². The van der Waals surface area contributed by atoms with Gasteiger partial charge in [-0.25, -0.2) is 8.42 Å². The van der Waals surface area contributed by atoms with Crippen LogP contribution in [0.4, 0.5) is 5.13 Å². The summed E-state index contributed by atoms with van der Waals surface area (Å²) in [5, 5.41) is 18.0. The van der Waals surface area contributed by atoms with Gasteiger partial charge in [0.15, 0.2) is 0 Å². The molecule has 11 heteroatoms. The first kappa shape index (κ1) is 15.5. The Labute approximate surface area is 113 Å². The Kier molecular flexibility index (Phi) is 4.55. The van der Waals surface area contributed by atoms with Gasteiger partial charge in [-0.2, -0.15) is 4.31 Å². The summed E-state index contributed by atoms with van der Waals surface area (Å²) in [6.07, 6.45) is 0. The molecule has 1 atom stereocenters. The zero-order valence-corrected chi connectivity index (χ0v) is 11.9. The second kappa shape index (κ2) is 5.59. The number of sulfonamides is 1. The molecule has 1 aromatic heterocycles. The molecule has 0 fully saturated rings. The maximum atomic E-state index is 12.0. The molecule has 0 saturated carbocycles. The fourth-order valence-electron chi connectivity index (χ4n) is 1.00. The van der Waals surface area contributed by atoms with Crippen molar-refractivity contribution in [3.8, 4) is 0 Å². The topological polar surface area (TPSA) is 130 Å². The van der Waals surface area contributed by atoms with Gasteiger partial charge in [-0.1, -0.05) is 11.3 Å². The van der Waals surface area contributed by atoms with E-state index in [-0.39, 0.29) is 9.47 Å². The summed E-state index contributed by atoms with van der Waals surface area (Å²) >= 11 is 0.649. The molecule has 0 spiro atoms. The highest BCUT2D eigenvalue weighted by Gasteiger charge is 2.32. The number of hydrogen-bond donors (Lipinski definition) is 2. The van der Waals surface area contributed by atoms with Crippen molar-refractivity contribution in [2.75, 3.05) is 12.4 Å². The Morgan fingerprint density at radius 3 is 2.47 bits per heavy atom. The fourth-order valence-corrected chi connectivity index (χ4v) is 3.43. The van der Waals surface area contributed by atoms with Crippen LogP contribution in [-0.2, 0) is 19.6 Å². The van der Waals surface area contributed by atoms with Crippen molar-refractivity contribution in [2.24, 2.45) is 0 Å². The maximum absolute atomic E-state index is 12.0. The number of aliphatic carboxylic acids is 1. The van der Waals surface area contributed by atoms with Gasteiger partial charge >= 0.3 is 5.97 Å². The van der Waals surface area contributed by atoms with E-state index in [1.807, 2.05) is 0 Å². The zero-order chi connectivity index (χ0) is 14.8. The van der Waals surface area contributed by atoms with Crippen LogP contribution < -0.4 is 5.32 Å². The molecule has 19 heavy (non-hydrogen) atoms. The Hall–Kier alpha value is -1.59. The predicted octanol–water partition coefficient (Wildman–Crippen LogP) is -0.410. The molecular weight excluding hydrogens is 296 g/mol. The SMILES string of the molecule is CC(=O)Nc1nnc(S(=O)(=O)N(C)C(C)C(=O)O)s1. The third-order valence-corrected chi connectivity index (χ3v) is 5.30. The Morgan fingerprint density at radius 1 is 1.42 bits per heavy atom. The molecule has 9 nitrogen and oxygen atoms in total. The van der Waals surface area contributed by atoms with Crippen LogP contribution in [0.5, 0.6) is 0 Å². The van der Waals surface area contributed by atoms with Crippen LogP contribution in [0.3, 0.4) is 0 Å². The number of anilines is 1. The number of aromatic nitrogens is 2. The number of carbonyl (C=O) groups excluding carboxylic acids is 1. The number of amides is 1. The standard InChI is InChI=1S/C8H12N4O5S2/c1-4(6(14)15)12(3)19(16,17)8-11-10-7(18-8)9-5(2)13/h4H,1-3H3,(H,14,15)(H,9,10,13). The molecule has 106 valence electrons. The summed E-state index contributed by atoms with van der Waals surface area (Å²) in [7, 11) is -2.92. The van der Waals surface area contributed by atoms with Crippen LogP contribution in [0.2, 0.25) is 0 Å². The second-order valence-electron chi connectivity index (χ2n) is 3.59. The van der Waals surface area contributed by atoms with E-state index in [1.165, 1.54) is 13.8 Å². The first-order chi connectivity index (χ1) is 8.66. The third-order valence-electron chi connectivity index (χ3n) is 2.19. The summed E-state index contributed by atoms with van der Waals surface area (Å²) < 4.78 is 24.4. The molecule has 0 aromatic carbocycles. The van der Waals surface area contributed by atoms with E-state index < -0.39 is 27.9 Å². The minimum Gasteiger partial charge on any atom is -0.480 e. The van der Waals surface area contributed by atoms with Crippen LogP contribution in [0, 0.1) is 0 Å². The molecule has 1 amide bonds. The molecule has 0 aliphatic heterocycles. The quantitative estimate of drug-likeness (QED) is 0.707. The lowest BCUT2D eigenvalue weighted by Crippen LogP contribution is -2.40. The van der Waals surface area contributed by atoms with Gasteiger partial charge in [-0.15, -0.1) is 10.2 Å². The second-order valence-corrected chi connectivity index (χ2v) is 6.74. The highest BCUT2D eigenvalue weighted by molar-refractivity contribution is 7.91. The number of nitrogens with one attached hydrogen (secondary N) is 1. The Morgan fingerprint density at radius 2 is 2.00 bits per heavy atom. The molecule has 0 radical (unpaired) electrons. The summed E-state index contributed by atoms with van der Waals surface area (Å²) in [5.74, 6) is -1.69. The number of carboxylic acid groups (broad SMARTS) is 1. The van der Waals surface area contributed by atoms with Crippen molar-refractivity contribution in [1.82, 2.24) is 14.5 Å². The normalized spacial score (nSPS) is 13.3. The van der Waals surface area contributed by atoms with Gasteiger partial charge in [-0.05, 0) is 6.92 Å². The molecule has 0 bridgehead atoms. The lowest BCUT2D eigenvalue weighted by Gasteiger charge is -2.18. The first-order valence-electron chi connectivity index (χ1n) is 4.98. The first-order valence-corrected chi connectivity index (χ1v) is 7.24. The lowest BCUT2D eigenvalue weighted by molar-refractivity contribution is -0.140. The number of likely N-dealkylation sites (N-methyl/N-ethyl adjacent to an activating group) is 1. The van der Waals surface area contributed by atoms with Crippen LogP contribution in [-0.4, -0.2) is 53.0 Å². The zero-order valence-electron chi connectivity index (χ0n) is 10.3. The minimum absolute atomic E-state index is 0.0300. The number of carboxylic acids is 1. The average Bonchev–Trinajstić information content (AvgIpc) is 2.74. The molecule has 1 rings (SSSR count). The summed E-state index contributed by atoms with van der Waals surface area (Å²) in [6.45, 7) is 2.48. The van der Waals surface area contributed by atoms with Crippen molar-refractivity contribution < 1.29 is 23.1 Å². The highest BCUT2D eigenvalue weighted by atomic mass is 32.2. The molecule has 1 heterocycles. The monoisotopic (exact) mass is 308 g/mol. The van der Waals surface area contributed by atoms with E-state index in [9.17, 15) is 18.0 Å². The third kappa shape index (κ3) is 3.45. The molecule has 2 N–H and O–H groups in total. The predicted molar refractivity (Wildman–Crippen MR) is 66.3 cm³/mol. The van der Waals surface area contributed by atoms with Gasteiger partial charge in [0, 0.05) is 14.0 Å². The fraction of sp³-hybridized carbons (Fsp3) is 0.500. The number of hydrogen-bond acceptors (Lipinski definition) is 7. The van der Waals surface area contributed by atoms with Crippen LogP contribution in [0.1, 0.15) is 13.8 Å². The molecule has 1 aromatic rings. The summed E-state index contributed by atoms with van der Waals surface area (Å²) in [4.78, 5) is 21.6. The van der Waals surface area contributed by atoms with Gasteiger partial charge in [0.05, 0.1) is 0 Å². The largest absolute Gasteiger partial charge is 0.480 e. The van der Waals surface area contributed by atoms with Crippen molar-refractivity contribution in [2.45, 2.75) is 24.2 Å². The highest BCUT2D eigenvalue weighted by Crippen LogP contribution is 2.23. The van der Waals surface area contributed by atoms with E-state index in [0.717, 1.165) is 7.05 Å². The molecular formula is C8H12N4O5S2. The Bertz CT molecular complexity index is 596. The van der Waals surface area contributed by atoms with Crippen molar-refractivity contribution in [3.63, 3.8) is 0 Å². The van der Waals surface area contributed by atoms with Gasteiger partial charge in [0.2, 0.25) is 15.4 Å². The molecule has 1 unspecified atom stereocenters. The van der Waals surface area contributed by atoms with Gasteiger partial charge in [0.25, 0.3) is 10.0 Å². The Balaban J connectivity index is 3.03. The molecule has 0 saturated heterocycles. The van der Waals surface area contributed by atoms with E-state index in [2.05, 4.69) is 15.5 Å². The maximum Gasteiger partial charge on any atom is 0.321 e. The molecule has 0 aliphatic rings. The smallest absolute Gasteiger partial charge is 0.321 e. The van der Waals surface area contributed by atoms with Gasteiger partial charge < -0.3 is 10.4 Å². The number of rotatable bonds is 5. The van der Waals surface area contributed by atoms with E-state index in [1.54, 1.807) is 0 Å². The van der Waals surface area contributed by atoms with E-state index in [0.29, 0.717) is 15.6 Å². The average molecular weight is 308 g/mol. The van der Waals surface area contributed by atoms with Crippen molar-refractivity contribution in [3.05, 3.63) is 0 Å². The number of carbonyl (C=O) groups is 2. The van der Waals surface area contributed by atoms with Crippen LogP contribution >= 0.6 is 11.3 Å². The summed E-state index contributed by atoms with van der Waals surface area (Å²) in [5.41, 5.74) is 0. The van der Waals surface area contributed by atoms with Gasteiger partial charge in [0.1, 0.15) is 6.04 Å². The van der Waals surface area contributed by atoms with Crippen molar-refractivity contribution in [1.29, 1.82) is 0 Å². The van der Waals surface area contributed by atoms with E-state index in [4.69, 9.17) is 5.11 Å². The van der Waals surface area contributed by atoms with Gasteiger partial charge in [-0.3, -0.25) is 9.59 Å². The van der Waals surface area contributed by atoms with Crippen LogP contribution in [0.25, 0.3) is 0 Å².